The van der Waals surface area contributed by atoms with Gasteiger partial charge in [0, 0.05) is 37.6 Å². The maximum atomic E-state index is 11.6. The van der Waals surface area contributed by atoms with Crippen LogP contribution in [0.5, 0.6) is 0 Å². The van der Waals surface area contributed by atoms with Gasteiger partial charge in [0.15, 0.2) is 0 Å². The highest BCUT2D eigenvalue weighted by molar-refractivity contribution is 7.10. The van der Waals surface area contributed by atoms with Crippen molar-refractivity contribution < 1.29 is 4.79 Å². The molecule has 4 rings (SSSR count). The summed E-state index contributed by atoms with van der Waals surface area (Å²) in [4.78, 5) is 17.5. The highest BCUT2D eigenvalue weighted by Gasteiger charge is 2.35. The molecule has 2 aromatic rings. The van der Waals surface area contributed by atoms with Gasteiger partial charge in [-0.3, -0.25) is 4.90 Å². The minimum Gasteiger partial charge on any atom is -0.336 e. The van der Waals surface area contributed by atoms with E-state index in [1.54, 1.807) is 0 Å². The Bertz CT molecular complexity index is 670. The summed E-state index contributed by atoms with van der Waals surface area (Å²) in [5.41, 5.74) is 2.58. The van der Waals surface area contributed by atoms with Crippen LogP contribution < -0.4 is 5.32 Å². The van der Waals surface area contributed by atoms with Gasteiger partial charge in [0.1, 0.15) is 0 Å². The molecule has 0 bridgehead atoms. The van der Waals surface area contributed by atoms with Crippen LogP contribution >= 0.6 is 11.3 Å². The molecule has 0 radical (unpaired) electrons. The van der Waals surface area contributed by atoms with Crippen LogP contribution in [-0.2, 0) is 6.54 Å². The molecule has 2 saturated heterocycles. The molecule has 1 aromatic heterocycles. The van der Waals surface area contributed by atoms with Gasteiger partial charge in [-0.1, -0.05) is 30.3 Å². The molecular formula is C17H19N3OS. The third-order valence-electron chi connectivity index (χ3n) is 4.46. The molecule has 2 aliphatic rings. The number of fused-ring (bicyclic) bond motifs is 1. The standard InChI is InChI=1S/C17H19N3OS/c21-17-18-9-15-10-19(6-7-20(15)17)11-16-8-14(12-22-16)13-4-2-1-3-5-13/h1-5,8,12,15H,6-7,9-11H2,(H,18,21). The number of nitrogens with one attached hydrogen (secondary N) is 1. The Labute approximate surface area is 134 Å². The van der Waals surface area contributed by atoms with Gasteiger partial charge in [-0.25, -0.2) is 4.79 Å². The van der Waals surface area contributed by atoms with Gasteiger partial charge in [0.2, 0.25) is 0 Å². The number of thiophene rings is 1. The molecule has 4 nitrogen and oxygen atoms in total. The molecule has 2 aliphatic heterocycles. The molecule has 1 N–H and O–H groups in total. The number of rotatable bonds is 3. The Hall–Kier alpha value is -1.85. The van der Waals surface area contributed by atoms with E-state index in [1.807, 2.05) is 22.3 Å². The third kappa shape index (κ3) is 2.62. The minimum absolute atomic E-state index is 0.104. The molecule has 0 spiro atoms. The first kappa shape index (κ1) is 13.8. The summed E-state index contributed by atoms with van der Waals surface area (Å²) in [7, 11) is 0. The predicted octanol–water partition coefficient (Wildman–Crippen LogP) is 2.62. The van der Waals surface area contributed by atoms with Crippen LogP contribution in [0.4, 0.5) is 4.79 Å². The maximum absolute atomic E-state index is 11.6. The van der Waals surface area contributed by atoms with Crippen molar-refractivity contribution >= 4 is 17.4 Å². The number of amides is 2. The summed E-state index contributed by atoms with van der Waals surface area (Å²) in [6, 6.07) is 13.3. The molecule has 2 amide bonds. The fourth-order valence-electron chi connectivity index (χ4n) is 3.28. The van der Waals surface area contributed by atoms with E-state index in [1.165, 1.54) is 16.0 Å². The van der Waals surface area contributed by atoms with Crippen LogP contribution in [-0.4, -0.2) is 48.1 Å². The van der Waals surface area contributed by atoms with Gasteiger partial charge < -0.3 is 10.2 Å². The number of urea groups is 1. The number of benzene rings is 1. The molecule has 1 atom stereocenters. The molecule has 0 aliphatic carbocycles. The first-order valence-electron chi connectivity index (χ1n) is 7.69. The highest BCUT2D eigenvalue weighted by Crippen LogP contribution is 2.27. The number of nitrogens with zero attached hydrogens (tertiary/aromatic N) is 2. The zero-order valence-electron chi connectivity index (χ0n) is 12.4. The fourth-order valence-corrected chi connectivity index (χ4v) is 4.21. The van der Waals surface area contributed by atoms with Crippen LogP contribution in [0.25, 0.3) is 11.1 Å². The fraction of sp³-hybridized carbons (Fsp3) is 0.353. The van der Waals surface area contributed by atoms with E-state index in [0.717, 1.165) is 32.7 Å². The van der Waals surface area contributed by atoms with E-state index in [0.29, 0.717) is 6.04 Å². The first-order valence-corrected chi connectivity index (χ1v) is 8.57. The van der Waals surface area contributed by atoms with Crippen molar-refractivity contribution in [2.45, 2.75) is 12.6 Å². The average molecular weight is 313 g/mol. The number of carbonyl (C=O) groups excluding carboxylic acids is 1. The lowest BCUT2D eigenvalue weighted by atomic mass is 10.1. The normalized spacial score (nSPS) is 21.7. The van der Waals surface area contributed by atoms with E-state index in [-0.39, 0.29) is 6.03 Å². The van der Waals surface area contributed by atoms with Gasteiger partial charge in [-0.05, 0) is 22.6 Å². The average Bonchev–Trinajstić information content (AvgIpc) is 3.16. The Morgan fingerprint density at radius 2 is 2.05 bits per heavy atom. The molecule has 3 heterocycles. The zero-order chi connectivity index (χ0) is 14.9. The Morgan fingerprint density at radius 1 is 1.18 bits per heavy atom. The van der Waals surface area contributed by atoms with Crippen molar-refractivity contribution in [1.82, 2.24) is 15.1 Å². The van der Waals surface area contributed by atoms with Crippen LogP contribution in [0.3, 0.4) is 0 Å². The lowest BCUT2D eigenvalue weighted by Gasteiger charge is -2.36. The Balaban J connectivity index is 1.42. The second kappa shape index (κ2) is 5.74. The minimum atomic E-state index is 0.104. The quantitative estimate of drug-likeness (QED) is 0.945. The summed E-state index contributed by atoms with van der Waals surface area (Å²) < 4.78 is 0. The molecule has 2 fully saturated rings. The molecule has 0 saturated carbocycles. The predicted molar refractivity (Wildman–Crippen MR) is 88.9 cm³/mol. The van der Waals surface area contributed by atoms with E-state index in [4.69, 9.17) is 0 Å². The number of carbonyl (C=O) groups is 1. The van der Waals surface area contributed by atoms with E-state index in [9.17, 15) is 4.79 Å². The molecular weight excluding hydrogens is 294 g/mol. The number of hydrogen-bond donors (Lipinski definition) is 1. The monoisotopic (exact) mass is 313 g/mol. The molecule has 1 unspecified atom stereocenters. The van der Waals surface area contributed by atoms with E-state index >= 15 is 0 Å². The lowest BCUT2D eigenvalue weighted by molar-refractivity contribution is 0.117. The lowest BCUT2D eigenvalue weighted by Crippen LogP contribution is -2.51. The largest absolute Gasteiger partial charge is 0.336 e. The van der Waals surface area contributed by atoms with Crippen molar-refractivity contribution in [3.8, 4) is 11.1 Å². The van der Waals surface area contributed by atoms with Crippen molar-refractivity contribution in [2.24, 2.45) is 0 Å². The first-order chi connectivity index (χ1) is 10.8. The van der Waals surface area contributed by atoms with Crippen LogP contribution in [0, 0.1) is 0 Å². The zero-order valence-corrected chi connectivity index (χ0v) is 13.2. The van der Waals surface area contributed by atoms with Crippen molar-refractivity contribution in [3.05, 3.63) is 46.7 Å². The summed E-state index contributed by atoms with van der Waals surface area (Å²) in [5.74, 6) is 0. The summed E-state index contributed by atoms with van der Waals surface area (Å²) in [6.45, 7) is 4.54. The van der Waals surface area contributed by atoms with Gasteiger partial charge in [0.25, 0.3) is 0 Å². The second-order valence-corrected chi connectivity index (χ2v) is 6.93. The number of piperazine rings is 1. The smallest absolute Gasteiger partial charge is 0.317 e. The van der Waals surface area contributed by atoms with Crippen LogP contribution in [0.15, 0.2) is 41.8 Å². The third-order valence-corrected chi connectivity index (χ3v) is 5.38. The van der Waals surface area contributed by atoms with E-state index < -0.39 is 0 Å². The Kier molecular flexibility index (Phi) is 3.60. The van der Waals surface area contributed by atoms with Crippen LogP contribution in [0.2, 0.25) is 0 Å². The van der Waals surface area contributed by atoms with Crippen molar-refractivity contribution in [3.63, 3.8) is 0 Å². The van der Waals surface area contributed by atoms with E-state index in [2.05, 4.69) is 45.9 Å². The van der Waals surface area contributed by atoms with Gasteiger partial charge in [-0.2, -0.15) is 0 Å². The maximum Gasteiger partial charge on any atom is 0.317 e. The summed E-state index contributed by atoms with van der Waals surface area (Å²) in [6.07, 6.45) is 0. The molecule has 5 heteroatoms. The van der Waals surface area contributed by atoms with Gasteiger partial charge >= 0.3 is 6.03 Å². The topological polar surface area (TPSA) is 35.6 Å². The number of hydrogen-bond acceptors (Lipinski definition) is 3. The highest BCUT2D eigenvalue weighted by atomic mass is 32.1. The Morgan fingerprint density at radius 3 is 2.91 bits per heavy atom. The molecule has 22 heavy (non-hydrogen) atoms. The second-order valence-electron chi connectivity index (χ2n) is 5.94. The van der Waals surface area contributed by atoms with Crippen LogP contribution in [0.1, 0.15) is 4.88 Å². The van der Waals surface area contributed by atoms with Gasteiger partial charge in [0.05, 0.1) is 6.04 Å². The van der Waals surface area contributed by atoms with Gasteiger partial charge in [-0.15, -0.1) is 11.3 Å². The summed E-state index contributed by atoms with van der Waals surface area (Å²) in [5, 5.41) is 5.17. The SMILES string of the molecule is O=C1NCC2CN(Cc3cc(-c4ccccc4)cs3)CCN12. The van der Waals surface area contributed by atoms with Crippen molar-refractivity contribution in [1.29, 1.82) is 0 Å². The van der Waals surface area contributed by atoms with Crippen molar-refractivity contribution in [2.75, 3.05) is 26.2 Å². The molecule has 114 valence electrons. The molecule has 1 aromatic carbocycles. The summed E-state index contributed by atoms with van der Waals surface area (Å²) >= 11 is 1.83.